The van der Waals surface area contributed by atoms with Gasteiger partial charge in [0, 0.05) is 32.4 Å². The number of benzene rings is 1. The van der Waals surface area contributed by atoms with Crippen LogP contribution in [-0.2, 0) is 16.0 Å². The van der Waals surface area contributed by atoms with Crippen molar-refractivity contribution in [1.29, 1.82) is 0 Å². The number of ether oxygens (including phenoxy) is 1. The molecule has 0 aliphatic carbocycles. The van der Waals surface area contributed by atoms with Gasteiger partial charge in [-0.05, 0) is 43.3 Å². The van der Waals surface area contributed by atoms with Gasteiger partial charge in [-0.2, -0.15) is 13.2 Å². The molecule has 30 heavy (non-hydrogen) atoms. The van der Waals surface area contributed by atoms with Gasteiger partial charge in [-0.1, -0.05) is 6.07 Å². The van der Waals surface area contributed by atoms with E-state index in [1.807, 2.05) is 4.90 Å². The van der Waals surface area contributed by atoms with Crippen LogP contribution in [0.4, 0.5) is 19.0 Å². The van der Waals surface area contributed by atoms with Gasteiger partial charge in [0.15, 0.2) is 9.84 Å². The van der Waals surface area contributed by atoms with E-state index in [1.54, 1.807) is 18.2 Å². The fourth-order valence-electron chi connectivity index (χ4n) is 3.33. The lowest BCUT2D eigenvalue weighted by Crippen LogP contribution is -2.34. The second-order valence-corrected chi connectivity index (χ2v) is 9.19. The average molecular weight is 443 g/mol. The van der Waals surface area contributed by atoms with Crippen molar-refractivity contribution in [2.45, 2.75) is 17.5 Å². The van der Waals surface area contributed by atoms with Crippen molar-refractivity contribution < 1.29 is 26.3 Å². The molecule has 1 aliphatic rings. The van der Waals surface area contributed by atoms with E-state index in [9.17, 15) is 21.6 Å². The summed E-state index contributed by atoms with van der Waals surface area (Å²) < 4.78 is 68.5. The molecular formula is C20H24F3N3O3S. The first-order valence-corrected chi connectivity index (χ1v) is 11.2. The Bertz CT molecular complexity index is 950. The van der Waals surface area contributed by atoms with Gasteiger partial charge in [0.1, 0.15) is 11.6 Å². The molecule has 0 N–H and O–H groups in total. The van der Waals surface area contributed by atoms with Crippen molar-refractivity contribution in [3.63, 3.8) is 0 Å². The van der Waals surface area contributed by atoms with Crippen molar-refractivity contribution in [1.82, 2.24) is 9.88 Å². The summed E-state index contributed by atoms with van der Waals surface area (Å²) in [5.74, 6) is 0.970. The number of methoxy groups -OCH3 is 1. The molecule has 1 aromatic heterocycles. The topological polar surface area (TPSA) is 62.7 Å². The molecule has 1 fully saturated rings. The summed E-state index contributed by atoms with van der Waals surface area (Å²) in [5.41, 5.74) is -0.773. The summed E-state index contributed by atoms with van der Waals surface area (Å²) in [6.45, 7) is 2.92. The first-order valence-electron chi connectivity index (χ1n) is 9.56. The van der Waals surface area contributed by atoms with E-state index in [-0.39, 0.29) is 10.6 Å². The smallest absolute Gasteiger partial charge is 0.417 e. The highest BCUT2D eigenvalue weighted by molar-refractivity contribution is 7.91. The fraction of sp³-hybridized carbons (Fsp3) is 0.450. The first-order chi connectivity index (χ1) is 14.2. The molecule has 2 aromatic rings. The van der Waals surface area contributed by atoms with E-state index < -0.39 is 21.6 Å². The molecule has 0 atom stereocenters. The number of sulfone groups is 1. The molecule has 6 nitrogen and oxygen atoms in total. The van der Waals surface area contributed by atoms with Gasteiger partial charge in [-0.15, -0.1) is 0 Å². The summed E-state index contributed by atoms with van der Waals surface area (Å²) in [5, 5.41) is 0. The Morgan fingerprint density at radius 2 is 1.90 bits per heavy atom. The Hall–Kier alpha value is -2.33. The van der Waals surface area contributed by atoms with Crippen LogP contribution in [0, 0.1) is 0 Å². The number of nitrogens with zero attached hydrogens (tertiary/aromatic N) is 3. The number of pyridine rings is 1. The van der Waals surface area contributed by atoms with Gasteiger partial charge in [0.25, 0.3) is 0 Å². The highest BCUT2D eigenvalue weighted by Gasteiger charge is 2.31. The quantitative estimate of drug-likeness (QED) is 0.684. The molecule has 3 rings (SSSR count). The summed E-state index contributed by atoms with van der Waals surface area (Å²) in [6, 6.07) is 8.82. The summed E-state index contributed by atoms with van der Waals surface area (Å²) >= 11 is 0. The van der Waals surface area contributed by atoms with Crippen LogP contribution in [0.3, 0.4) is 0 Å². The van der Waals surface area contributed by atoms with E-state index >= 15 is 0 Å². The van der Waals surface area contributed by atoms with E-state index in [1.165, 1.54) is 19.2 Å². The molecule has 0 bridgehead atoms. The minimum atomic E-state index is -4.41. The van der Waals surface area contributed by atoms with Crippen molar-refractivity contribution in [2.75, 3.05) is 50.5 Å². The molecule has 0 amide bonds. The second-order valence-electron chi connectivity index (χ2n) is 7.08. The van der Waals surface area contributed by atoms with Gasteiger partial charge in [-0.25, -0.2) is 13.4 Å². The van der Waals surface area contributed by atoms with Crippen LogP contribution in [0.5, 0.6) is 5.75 Å². The molecule has 0 unspecified atom stereocenters. The Labute approximate surface area is 174 Å². The second kappa shape index (κ2) is 9.22. The number of anilines is 1. The van der Waals surface area contributed by atoms with E-state index in [0.717, 1.165) is 18.7 Å². The number of hydrogen-bond donors (Lipinski definition) is 0. The Balaban J connectivity index is 1.57. The van der Waals surface area contributed by atoms with Crippen LogP contribution >= 0.6 is 0 Å². The predicted octanol–water partition coefficient (Wildman–Crippen LogP) is 3.10. The minimum absolute atomic E-state index is 0.0152. The van der Waals surface area contributed by atoms with Crippen LogP contribution in [0.1, 0.15) is 12.0 Å². The van der Waals surface area contributed by atoms with Crippen LogP contribution in [0.25, 0.3) is 0 Å². The molecule has 10 heteroatoms. The van der Waals surface area contributed by atoms with Gasteiger partial charge in [-0.3, -0.25) is 0 Å². The zero-order chi connectivity index (χ0) is 21.8. The lowest BCUT2D eigenvalue weighted by atomic mass is 10.2. The highest BCUT2D eigenvalue weighted by atomic mass is 32.2. The number of alkyl halides is 3. The van der Waals surface area contributed by atoms with Crippen molar-refractivity contribution in [3.05, 3.63) is 48.2 Å². The number of aromatic nitrogens is 1. The highest BCUT2D eigenvalue weighted by Crippen LogP contribution is 2.29. The minimum Gasteiger partial charge on any atom is -0.497 e. The van der Waals surface area contributed by atoms with E-state index in [0.29, 0.717) is 44.3 Å². The number of rotatable bonds is 6. The lowest BCUT2D eigenvalue weighted by molar-refractivity contribution is -0.137. The molecule has 164 valence electrons. The Morgan fingerprint density at radius 1 is 1.10 bits per heavy atom. The molecule has 0 spiro atoms. The largest absolute Gasteiger partial charge is 0.497 e. The number of halogens is 3. The zero-order valence-corrected chi connectivity index (χ0v) is 17.4. The van der Waals surface area contributed by atoms with Crippen molar-refractivity contribution in [2.24, 2.45) is 0 Å². The van der Waals surface area contributed by atoms with Gasteiger partial charge >= 0.3 is 6.18 Å². The Kier molecular flexibility index (Phi) is 6.87. The molecule has 0 saturated carbocycles. The monoisotopic (exact) mass is 443 g/mol. The van der Waals surface area contributed by atoms with Crippen molar-refractivity contribution in [3.8, 4) is 5.75 Å². The zero-order valence-electron chi connectivity index (χ0n) is 16.6. The van der Waals surface area contributed by atoms with Crippen LogP contribution in [0.2, 0.25) is 0 Å². The molecule has 1 aliphatic heterocycles. The molecule has 2 heterocycles. The van der Waals surface area contributed by atoms with E-state index in [2.05, 4.69) is 9.88 Å². The SMILES string of the molecule is COc1cccc(S(=O)(=O)CCN2CCCN(c3ccc(C(F)(F)F)cn3)CC2)c1. The maximum absolute atomic E-state index is 12.7. The van der Waals surface area contributed by atoms with Crippen LogP contribution in [0.15, 0.2) is 47.5 Å². The molecule has 1 aromatic carbocycles. The third kappa shape index (κ3) is 5.63. The fourth-order valence-corrected chi connectivity index (χ4v) is 4.64. The van der Waals surface area contributed by atoms with Crippen LogP contribution in [-0.4, -0.2) is 63.9 Å². The normalized spacial score (nSPS) is 16.3. The van der Waals surface area contributed by atoms with E-state index in [4.69, 9.17) is 4.74 Å². The third-order valence-electron chi connectivity index (χ3n) is 5.06. The molecule has 0 radical (unpaired) electrons. The molecular weight excluding hydrogens is 419 g/mol. The standard InChI is InChI=1S/C20H24F3N3O3S/c1-29-17-4-2-5-18(14-17)30(27,28)13-12-25-8-3-9-26(11-10-25)19-7-6-16(15-24-19)20(21,22)23/h2,4-7,14-15H,3,8-13H2,1H3. The first kappa shape index (κ1) is 22.4. The van der Waals surface area contributed by atoms with Gasteiger partial charge in [0.2, 0.25) is 0 Å². The van der Waals surface area contributed by atoms with Crippen LogP contribution < -0.4 is 9.64 Å². The lowest BCUT2D eigenvalue weighted by Gasteiger charge is -2.23. The summed E-state index contributed by atoms with van der Waals surface area (Å²) in [4.78, 5) is 8.17. The van der Waals surface area contributed by atoms with Gasteiger partial charge < -0.3 is 14.5 Å². The summed E-state index contributed by atoms with van der Waals surface area (Å²) in [6.07, 6.45) is -2.80. The Morgan fingerprint density at radius 3 is 2.57 bits per heavy atom. The summed E-state index contributed by atoms with van der Waals surface area (Å²) in [7, 11) is -1.96. The van der Waals surface area contributed by atoms with Gasteiger partial charge in [0.05, 0.1) is 23.3 Å². The molecule has 1 saturated heterocycles. The van der Waals surface area contributed by atoms with Crippen molar-refractivity contribution >= 4 is 15.7 Å². The predicted molar refractivity (Wildman–Crippen MR) is 108 cm³/mol. The third-order valence-corrected chi connectivity index (χ3v) is 6.76. The number of hydrogen-bond acceptors (Lipinski definition) is 6. The maximum atomic E-state index is 12.7. The maximum Gasteiger partial charge on any atom is 0.417 e. The average Bonchev–Trinajstić information content (AvgIpc) is 2.98.